The second kappa shape index (κ2) is 8.35. The smallest absolute Gasteiger partial charge is 0.441 e. The fraction of sp³-hybridized carbons (Fsp3) is 0.562. The van der Waals surface area contributed by atoms with Crippen LogP contribution in [0.4, 0.5) is 18.2 Å². The lowest BCUT2D eigenvalue weighted by molar-refractivity contribution is -0.207. The molecule has 2 rings (SSSR count). The van der Waals surface area contributed by atoms with Gasteiger partial charge in [0.05, 0.1) is 12.2 Å². The first kappa shape index (κ1) is 21.3. The molecule has 0 aliphatic heterocycles. The van der Waals surface area contributed by atoms with Crippen LogP contribution in [0.1, 0.15) is 35.8 Å². The van der Waals surface area contributed by atoms with Gasteiger partial charge in [-0.05, 0) is 38.2 Å². The summed E-state index contributed by atoms with van der Waals surface area (Å²) in [6.07, 6.45) is -2.35. The molecule has 0 aromatic carbocycles. The van der Waals surface area contributed by atoms with Crippen molar-refractivity contribution in [2.45, 2.75) is 44.4 Å². The van der Waals surface area contributed by atoms with Crippen LogP contribution in [-0.2, 0) is 27.2 Å². The van der Waals surface area contributed by atoms with Crippen LogP contribution >= 0.6 is 22.9 Å². The molecule has 1 aromatic rings. The van der Waals surface area contributed by atoms with Gasteiger partial charge in [0.2, 0.25) is 5.91 Å². The monoisotopic (exact) mass is 423 g/mol. The van der Waals surface area contributed by atoms with E-state index >= 15 is 0 Å². The molecule has 27 heavy (non-hydrogen) atoms. The highest BCUT2D eigenvalue weighted by atomic mass is 35.5. The van der Waals surface area contributed by atoms with E-state index in [1.807, 2.05) is 6.07 Å². The molecule has 1 aromatic heterocycles. The summed E-state index contributed by atoms with van der Waals surface area (Å²) in [5, 5.41) is 13.0. The number of nitriles is 1. The minimum atomic E-state index is -5.25. The number of rotatable bonds is 6. The summed E-state index contributed by atoms with van der Waals surface area (Å²) in [5.41, 5.74) is -2.82. The summed E-state index contributed by atoms with van der Waals surface area (Å²) in [6.45, 7) is 1.01. The number of hydrogen-bond donors (Lipinski definition) is 2. The Balaban J connectivity index is 2.57. The summed E-state index contributed by atoms with van der Waals surface area (Å²) in [5.74, 6) is -3.73. The number of ether oxygens (including phenoxy) is 1. The second-order valence-electron chi connectivity index (χ2n) is 5.80. The van der Waals surface area contributed by atoms with Crippen LogP contribution in [0.2, 0.25) is 0 Å². The van der Waals surface area contributed by atoms with Crippen LogP contribution in [0.3, 0.4) is 0 Å². The summed E-state index contributed by atoms with van der Waals surface area (Å²) in [4.78, 5) is 24.7. The Kier molecular flexibility index (Phi) is 6.59. The predicted octanol–water partition coefficient (Wildman–Crippen LogP) is 3.09. The number of nitrogens with zero attached hydrogens (tertiary/aromatic N) is 1. The molecule has 6 nitrogen and oxygen atoms in total. The largest absolute Gasteiger partial charge is 0.463 e. The third-order valence-corrected chi connectivity index (χ3v) is 5.49. The van der Waals surface area contributed by atoms with Gasteiger partial charge >= 0.3 is 17.8 Å². The van der Waals surface area contributed by atoms with Gasteiger partial charge in [0, 0.05) is 4.88 Å². The predicted molar refractivity (Wildman–Crippen MR) is 93.6 cm³/mol. The third kappa shape index (κ3) is 4.14. The van der Waals surface area contributed by atoms with E-state index in [9.17, 15) is 28.0 Å². The van der Waals surface area contributed by atoms with Gasteiger partial charge in [-0.25, -0.2) is 4.79 Å². The van der Waals surface area contributed by atoms with E-state index in [2.05, 4.69) is 10.1 Å². The quantitative estimate of drug-likeness (QED) is 0.417. The maximum atomic E-state index is 14.0. The maximum Gasteiger partial charge on any atom is 0.441 e. The van der Waals surface area contributed by atoms with Crippen molar-refractivity contribution in [3.05, 3.63) is 16.0 Å². The molecule has 1 amide bonds. The molecule has 1 heterocycles. The zero-order valence-corrected chi connectivity index (χ0v) is 15.9. The average molecular weight is 424 g/mol. The fourth-order valence-electron chi connectivity index (χ4n) is 2.82. The van der Waals surface area contributed by atoms with Crippen LogP contribution in [0.25, 0.3) is 0 Å². The summed E-state index contributed by atoms with van der Waals surface area (Å²) in [6, 6.07) is 1.91. The Morgan fingerprint density at radius 3 is 2.56 bits per heavy atom. The number of thiophene rings is 1. The number of alkyl halides is 4. The Hall–Kier alpha value is -1.99. The van der Waals surface area contributed by atoms with Crippen LogP contribution in [0.15, 0.2) is 0 Å². The molecule has 0 saturated carbocycles. The van der Waals surface area contributed by atoms with Crippen molar-refractivity contribution in [1.82, 2.24) is 5.32 Å². The summed E-state index contributed by atoms with van der Waals surface area (Å²) in [7, 11) is 0. The second-order valence-corrected chi connectivity index (χ2v) is 7.17. The molecule has 0 saturated heterocycles. The van der Waals surface area contributed by atoms with Crippen molar-refractivity contribution >= 4 is 39.8 Å². The van der Waals surface area contributed by atoms with Gasteiger partial charge in [-0.3, -0.25) is 4.79 Å². The fourth-order valence-corrected chi connectivity index (χ4v) is 4.18. The molecule has 0 fully saturated rings. The highest BCUT2D eigenvalue weighted by molar-refractivity contribution is 7.16. The lowest BCUT2D eigenvalue weighted by Gasteiger charge is -2.34. The Morgan fingerprint density at radius 1 is 1.33 bits per heavy atom. The topological polar surface area (TPSA) is 91.2 Å². The van der Waals surface area contributed by atoms with Crippen molar-refractivity contribution in [2.75, 3.05) is 17.8 Å². The van der Waals surface area contributed by atoms with Gasteiger partial charge in [-0.15, -0.1) is 22.9 Å². The van der Waals surface area contributed by atoms with E-state index in [1.54, 1.807) is 5.32 Å². The van der Waals surface area contributed by atoms with E-state index in [0.717, 1.165) is 29.1 Å². The molecule has 11 heteroatoms. The van der Waals surface area contributed by atoms with Crippen molar-refractivity contribution < 1.29 is 27.5 Å². The van der Waals surface area contributed by atoms with Crippen molar-refractivity contribution in [3.8, 4) is 6.07 Å². The van der Waals surface area contributed by atoms with Gasteiger partial charge in [-0.1, -0.05) is 0 Å². The lowest BCUT2D eigenvalue weighted by Crippen LogP contribution is -2.69. The van der Waals surface area contributed by atoms with Crippen molar-refractivity contribution in [3.63, 3.8) is 0 Å². The first-order valence-electron chi connectivity index (χ1n) is 8.13. The van der Waals surface area contributed by atoms with Gasteiger partial charge in [0.25, 0.3) is 0 Å². The van der Waals surface area contributed by atoms with Crippen LogP contribution in [-0.4, -0.2) is 36.2 Å². The van der Waals surface area contributed by atoms with Crippen LogP contribution in [0, 0.1) is 11.3 Å². The SMILES string of the molecule is CCOC(=O)C(NC(=O)CCl)(Nc1sc2c(c1C#N)CCCC2)C(F)(F)F. The average Bonchev–Trinajstić information content (AvgIpc) is 2.96. The number of anilines is 1. The molecule has 1 unspecified atom stereocenters. The summed E-state index contributed by atoms with van der Waals surface area (Å²) < 4.78 is 46.4. The molecule has 2 N–H and O–H groups in total. The van der Waals surface area contributed by atoms with Gasteiger partial charge in [0.15, 0.2) is 0 Å². The highest BCUT2D eigenvalue weighted by Gasteiger charge is 2.64. The Morgan fingerprint density at radius 2 is 2.00 bits per heavy atom. The third-order valence-electron chi connectivity index (χ3n) is 4.04. The number of hydrogen-bond acceptors (Lipinski definition) is 6. The minimum Gasteiger partial charge on any atom is -0.463 e. The zero-order valence-electron chi connectivity index (χ0n) is 14.3. The van der Waals surface area contributed by atoms with Gasteiger partial charge in [0.1, 0.15) is 17.0 Å². The Labute approximate surface area is 162 Å². The van der Waals surface area contributed by atoms with E-state index in [4.69, 9.17) is 11.6 Å². The van der Waals surface area contributed by atoms with Gasteiger partial charge in [-0.2, -0.15) is 18.4 Å². The molecular formula is C16H17ClF3N3O3S. The first-order valence-corrected chi connectivity index (χ1v) is 9.49. The van der Waals surface area contributed by atoms with E-state index in [-0.39, 0.29) is 17.2 Å². The molecule has 1 aliphatic carbocycles. The molecular weight excluding hydrogens is 407 g/mol. The molecule has 0 spiro atoms. The summed E-state index contributed by atoms with van der Waals surface area (Å²) >= 11 is 6.30. The minimum absolute atomic E-state index is 0.0488. The molecule has 0 radical (unpaired) electrons. The maximum absolute atomic E-state index is 14.0. The van der Waals surface area contributed by atoms with Gasteiger partial charge < -0.3 is 15.4 Å². The molecule has 0 bridgehead atoms. The number of carbonyl (C=O) groups excluding carboxylic acids is 2. The number of fused-ring (bicyclic) bond motifs is 1. The molecule has 1 atom stereocenters. The Bertz CT molecular complexity index is 775. The van der Waals surface area contributed by atoms with E-state index in [0.29, 0.717) is 18.4 Å². The number of carbonyl (C=O) groups is 2. The number of esters is 1. The number of aryl methyl sites for hydroxylation is 1. The number of halogens is 4. The molecule has 1 aliphatic rings. The van der Waals surface area contributed by atoms with Crippen molar-refractivity contribution in [1.29, 1.82) is 5.26 Å². The first-order chi connectivity index (χ1) is 12.7. The van der Waals surface area contributed by atoms with Crippen molar-refractivity contribution in [2.24, 2.45) is 0 Å². The molecule has 148 valence electrons. The van der Waals surface area contributed by atoms with Crippen LogP contribution in [0.5, 0.6) is 0 Å². The van der Waals surface area contributed by atoms with E-state index < -0.39 is 29.6 Å². The highest BCUT2D eigenvalue weighted by Crippen LogP contribution is 2.41. The normalized spacial score (nSPS) is 15.9. The van der Waals surface area contributed by atoms with Crippen LogP contribution < -0.4 is 10.6 Å². The lowest BCUT2D eigenvalue weighted by atomic mass is 9.96. The number of amides is 1. The van der Waals surface area contributed by atoms with E-state index in [1.165, 1.54) is 6.92 Å². The number of nitrogens with one attached hydrogen (secondary N) is 2. The standard InChI is InChI=1S/C16H17ClF3N3O3S/c1-2-26-14(25)15(16(18,19)20,22-12(24)7-17)23-13-10(8-21)9-5-3-4-6-11(9)27-13/h23H,2-7H2,1H3,(H,22,24). The zero-order chi connectivity index (χ0) is 20.2.